The van der Waals surface area contributed by atoms with Crippen LogP contribution in [0.15, 0.2) is 18.2 Å². The van der Waals surface area contributed by atoms with Gasteiger partial charge in [0, 0.05) is 11.7 Å². The second kappa shape index (κ2) is 4.34. The number of aliphatic hydroxyl groups is 1. The maximum atomic E-state index is 12.1. The van der Waals surface area contributed by atoms with Crippen molar-refractivity contribution >= 4 is 9.84 Å². The van der Waals surface area contributed by atoms with E-state index < -0.39 is 26.5 Å². The summed E-state index contributed by atoms with van der Waals surface area (Å²) in [7, 11) is -3.31. The summed E-state index contributed by atoms with van der Waals surface area (Å²) in [6.07, 6.45) is 0. The van der Waals surface area contributed by atoms with Crippen LogP contribution >= 0.6 is 0 Å². The van der Waals surface area contributed by atoms with E-state index in [2.05, 4.69) is 0 Å². The topological polar surface area (TPSA) is 98.9 Å². The summed E-state index contributed by atoms with van der Waals surface area (Å²) in [6.45, 7) is 1.38. The number of aliphatic hydroxyl groups excluding tert-OH is 1. The average Bonchev–Trinajstić information content (AvgIpc) is 2.83. The maximum absolute atomic E-state index is 12.1. The van der Waals surface area contributed by atoms with Crippen molar-refractivity contribution in [3.8, 4) is 11.5 Å². The lowest BCUT2D eigenvalue weighted by atomic mass is 10.1. The summed E-state index contributed by atoms with van der Waals surface area (Å²) in [5, 5.41) is 8.73. The number of sulfone groups is 1. The third-order valence-corrected chi connectivity index (χ3v) is 6.41. The molecule has 2 aliphatic rings. The Morgan fingerprint density at radius 2 is 2.10 bits per heavy atom. The Morgan fingerprint density at radius 3 is 2.75 bits per heavy atom. The lowest BCUT2D eigenvalue weighted by Crippen LogP contribution is -2.35. The van der Waals surface area contributed by atoms with Gasteiger partial charge in [-0.15, -0.1) is 0 Å². The Bertz CT molecular complexity index is 644. The minimum absolute atomic E-state index is 0.0116. The van der Waals surface area contributed by atoms with Crippen molar-refractivity contribution in [1.82, 2.24) is 0 Å². The molecule has 1 aliphatic heterocycles. The standard InChI is InChI=1S/C13H17NO5S/c1-2-20(16,17)12-11(13(12,14)6-15)8-3-4-9-10(5-8)19-7-18-9/h3-5,11-12,15H,2,6-7,14H2,1H3/t11-,12+,13+/m0/s1. The van der Waals surface area contributed by atoms with Crippen molar-refractivity contribution in [1.29, 1.82) is 0 Å². The van der Waals surface area contributed by atoms with Gasteiger partial charge in [-0.25, -0.2) is 8.42 Å². The third kappa shape index (κ3) is 1.81. The molecule has 6 nitrogen and oxygen atoms in total. The molecule has 3 N–H and O–H groups in total. The molecular weight excluding hydrogens is 282 g/mol. The van der Waals surface area contributed by atoms with Gasteiger partial charge >= 0.3 is 0 Å². The lowest BCUT2D eigenvalue weighted by Gasteiger charge is -2.07. The molecule has 0 bridgehead atoms. The summed E-state index contributed by atoms with van der Waals surface area (Å²) >= 11 is 0. The van der Waals surface area contributed by atoms with Gasteiger partial charge in [0.2, 0.25) is 6.79 Å². The molecule has 1 aromatic carbocycles. The molecule has 110 valence electrons. The van der Waals surface area contributed by atoms with Gasteiger partial charge in [0.1, 0.15) is 0 Å². The SMILES string of the molecule is CCS(=O)(=O)[C@@H]1[C@H](c2ccc3c(c2)OCO3)[C@]1(N)CO. The highest BCUT2D eigenvalue weighted by atomic mass is 32.2. The van der Waals surface area contributed by atoms with Crippen molar-refractivity contribution in [2.24, 2.45) is 5.73 Å². The summed E-state index contributed by atoms with van der Waals surface area (Å²) < 4.78 is 34.7. The van der Waals surface area contributed by atoms with Crippen molar-refractivity contribution < 1.29 is 23.0 Å². The van der Waals surface area contributed by atoms with E-state index in [1.807, 2.05) is 0 Å². The van der Waals surface area contributed by atoms with Crippen LogP contribution in [0.4, 0.5) is 0 Å². The van der Waals surface area contributed by atoms with Crippen LogP contribution < -0.4 is 15.2 Å². The molecule has 1 aliphatic carbocycles. The summed E-state index contributed by atoms with van der Waals surface area (Å²) in [5.74, 6) is 0.822. The maximum Gasteiger partial charge on any atom is 0.231 e. The fourth-order valence-corrected chi connectivity index (χ4v) is 4.92. The number of ether oxygens (including phenoxy) is 2. The molecule has 0 aromatic heterocycles. The Labute approximate surface area is 117 Å². The predicted octanol–water partition coefficient (Wildman–Crippen LogP) is 0.00560. The van der Waals surface area contributed by atoms with Crippen LogP contribution in [0.25, 0.3) is 0 Å². The van der Waals surface area contributed by atoms with E-state index in [-0.39, 0.29) is 19.2 Å². The fraction of sp³-hybridized carbons (Fsp3) is 0.538. The van der Waals surface area contributed by atoms with Gasteiger partial charge in [0.25, 0.3) is 0 Å². The first kappa shape index (κ1) is 13.7. The number of hydrogen-bond donors (Lipinski definition) is 2. The molecule has 3 rings (SSSR count). The molecular formula is C13H17NO5S. The highest BCUT2D eigenvalue weighted by Gasteiger charge is 2.68. The van der Waals surface area contributed by atoms with Gasteiger partial charge in [-0.05, 0) is 17.7 Å². The van der Waals surface area contributed by atoms with Crippen LogP contribution in [0.3, 0.4) is 0 Å². The quantitative estimate of drug-likeness (QED) is 0.812. The molecule has 3 atom stereocenters. The number of fused-ring (bicyclic) bond motifs is 1. The molecule has 0 spiro atoms. The van der Waals surface area contributed by atoms with E-state index in [0.717, 1.165) is 5.56 Å². The second-order valence-corrected chi connectivity index (χ2v) is 7.64. The fourth-order valence-electron chi connectivity index (χ4n) is 2.92. The van der Waals surface area contributed by atoms with Crippen LogP contribution in [-0.2, 0) is 9.84 Å². The Hall–Kier alpha value is -1.31. The van der Waals surface area contributed by atoms with Crippen molar-refractivity contribution in [2.75, 3.05) is 19.2 Å². The van der Waals surface area contributed by atoms with E-state index in [1.165, 1.54) is 0 Å². The van der Waals surface area contributed by atoms with Gasteiger partial charge in [0.05, 0.1) is 17.4 Å². The first-order valence-electron chi connectivity index (χ1n) is 6.45. The molecule has 1 saturated carbocycles. The lowest BCUT2D eigenvalue weighted by molar-refractivity contribution is 0.174. The van der Waals surface area contributed by atoms with Gasteiger partial charge in [-0.2, -0.15) is 0 Å². The van der Waals surface area contributed by atoms with Crippen molar-refractivity contribution in [3.05, 3.63) is 23.8 Å². The highest BCUT2D eigenvalue weighted by molar-refractivity contribution is 7.92. The molecule has 1 heterocycles. The summed E-state index contributed by atoms with van der Waals surface area (Å²) in [5.41, 5.74) is 5.72. The van der Waals surface area contributed by atoms with Gasteiger partial charge < -0.3 is 20.3 Å². The second-order valence-electron chi connectivity index (χ2n) is 5.23. The van der Waals surface area contributed by atoms with Crippen LogP contribution in [0.1, 0.15) is 18.4 Å². The zero-order valence-electron chi connectivity index (χ0n) is 11.1. The molecule has 7 heteroatoms. The Kier molecular flexibility index (Phi) is 2.97. The number of benzene rings is 1. The first-order chi connectivity index (χ1) is 9.44. The molecule has 0 saturated heterocycles. The van der Waals surface area contributed by atoms with E-state index in [4.69, 9.17) is 15.2 Å². The summed E-state index contributed by atoms with van der Waals surface area (Å²) in [4.78, 5) is 0. The molecule has 20 heavy (non-hydrogen) atoms. The minimum atomic E-state index is -3.31. The zero-order chi connectivity index (χ0) is 14.5. The highest BCUT2D eigenvalue weighted by Crippen LogP contribution is 2.55. The third-order valence-electron chi connectivity index (χ3n) is 4.12. The van der Waals surface area contributed by atoms with Crippen LogP contribution in [-0.4, -0.2) is 43.5 Å². The minimum Gasteiger partial charge on any atom is -0.454 e. The van der Waals surface area contributed by atoms with E-state index in [0.29, 0.717) is 11.5 Å². The van der Waals surface area contributed by atoms with E-state index in [9.17, 15) is 13.5 Å². The molecule has 0 unspecified atom stereocenters. The zero-order valence-corrected chi connectivity index (χ0v) is 11.9. The number of hydrogen-bond acceptors (Lipinski definition) is 6. The van der Waals surface area contributed by atoms with E-state index >= 15 is 0 Å². The Balaban J connectivity index is 1.98. The van der Waals surface area contributed by atoms with Gasteiger partial charge in [-0.1, -0.05) is 13.0 Å². The molecule has 0 amide bonds. The Morgan fingerprint density at radius 1 is 1.40 bits per heavy atom. The van der Waals surface area contributed by atoms with Crippen LogP contribution in [0, 0.1) is 0 Å². The first-order valence-corrected chi connectivity index (χ1v) is 8.16. The number of rotatable bonds is 4. The van der Waals surface area contributed by atoms with Gasteiger partial charge in [0.15, 0.2) is 21.3 Å². The van der Waals surface area contributed by atoms with Crippen molar-refractivity contribution in [2.45, 2.75) is 23.6 Å². The predicted molar refractivity (Wildman–Crippen MR) is 72.6 cm³/mol. The monoisotopic (exact) mass is 299 g/mol. The molecule has 1 aromatic rings. The van der Waals surface area contributed by atoms with E-state index in [1.54, 1.807) is 25.1 Å². The van der Waals surface area contributed by atoms with Crippen LogP contribution in [0.2, 0.25) is 0 Å². The van der Waals surface area contributed by atoms with Crippen LogP contribution in [0.5, 0.6) is 11.5 Å². The largest absolute Gasteiger partial charge is 0.454 e. The normalized spacial score (nSPS) is 31.4. The summed E-state index contributed by atoms with van der Waals surface area (Å²) in [6, 6.07) is 5.26. The average molecular weight is 299 g/mol. The number of nitrogens with two attached hydrogens (primary N) is 1. The smallest absolute Gasteiger partial charge is 0.231 e. The molecule has 1 fully saturated rings. The van der Waals surface area contributed by atoms with Gasteiger partial charge in [-0.3, -0.25) is 0 Å². The molecule has 0 radical (unpaired) electrons. The van der Waals surface area contributed by atoms with Crippen molar-refractivity contribution in [3.63, 3.8) is 0 Å².